The summed E-state index contributed by atoms with van der Waals surface area (Å²) in [6.07, 6.45) is -0.946. The van der Waals surface area contributed by atoms with E-state index in [0.717, 1.165) is 16.7 Å². The lowest BCUT2D eigenvalue weighted by Crippen LogP contribution is -2.60. The Labute approximate surface area is 230 Å². The minimum atomic E-state index is -1.35. The maximum absolute atomic E-state index is 12.5. The number of carbonyl (C=O) groups excluding carboxylic acids is 3. The van der Waals surface area contributed by atoms with Gasteiger partial charge in [-0.3, -0.25) is 29.4 Å². The molecule has 210 valence electrons. The van der Waals surface area contributed by atoms with Crippen LogP contribution in [-0.4, -0.2) is 67.9 Å². The number of carbonyl (C=O) groups is 4. The smallest absolute Gasteiger partial charge is 0.357 e. The van der Waals surface area contributed by atoms with E-state index in [2.05, 4.69) is 5.32 Å². The molecule has 5 N–H and O–H groups in total. The number of nitro groups is 1. The predicted molar refractivity (Wildman–Crippen MR) is 138 cm³/mol. The number of nitrogens with two attached hydrogens (primary N) is 1. The molecule has 1 unspecified atom stereocenters. The minimum Gasteiger partial charge on any atom is -0.476 e. The second-order valence-electron chi connectivity index (χ2n) is 8.90. The van der Waals surface area contributed by atoms with Crippen molar-refractivity contribution < 1.29 is 43.8 Å². The number of amides is 2. The van der Waals surface area contributed by atoms with Crippen molar-refractivity contribution >= 4 is 41.2 Å². The van der Waals surface area contributed by atoms with Gasteiger partial charge in [0.15, 0.2) is 10.8 Å². The molecule has 0 saturated carbocycles. The first-order valence-corrected chi connectivity index (χ1v) is 12.7. The molecule has 0 radical (unpaired) electrons. The van der Waals surface area contributed by atoms with Gasteiger partial charge in [0, 0.05) is 24.2 Å². The van der Waals surface area contributed by atoms with Gasteiger partial charge in [0.1, 0.15) is 23.8 Å². The zero-order valence-corrected chi connectivity index (χ0v) is 21.7. The Bertz CT molecular complexity index is 1380. The van der Waals surface area contributed by atoms with Crippen LogP contribution in [0.4, 0.5) is 5.69 Å². The lowest BCUT2D eigenvalue weighted by molar-refractivity contribution is -0.384. The Morgan fingerprint density at radius 1 is 1.18 bits per heavy atom. The van der Waals surface area contributed by atoms with Crippen LogP contribution in [0.2, 0.25) is 0 Å². The van der Waals surface area contributed by atoms with E-state index in [1.807, 2.05) is 0 Å². The summed E-state index contributed by atoms with van der Waals surface area (Å²) in [5.41, 5.74) is 6.12. The lowest BCUT2D eigenvalue weighted by atomic mass is 9.92. The lowest BCUT2D eigenvalue weighted by Gasteiger charge is -2.43. The van der Waals surface area contributed by atoms with Crippen molar-refractivity contribution in [3.8, 4) is 5.75 Å². The number of non-ortho nitro benzene ring substituents is 1. The predicted octanol–water partition coefficient (Wildman–Crippen LogP) is 0.940. The van der Waals surface area contributed by atoms with Crippen LogP contribution >= 0.6 is 11.8 Å². The quantitative estimate of drug-likeness (QED) is 0.128. The van der Waals surface area contributed by atoms with Gasteiger partial charge in [-0.25, -0.2) is 4.79 Å². The SMILES string of the molecule is C[C@@H](O)[C@H]1C(=O)N2C(C(=O)O)=C(Oc3ccc(C(=O)NCC(N)C(=O)OCc4ccc([N+](=O)[O-])cc4)cc3)S[C@H]12. The molecule has 1 fully saturated rings. The largest absolute Gasteiger partial charge is 0.476 e. The third-order valence-corrected chi connectivity index (χ3v) is 7.35. The van der Waals surface area contributed by atoms with Crippen molar-refractivity contribution in [1.29, 1.82) is 0 Å². The third-order valence-electron chi connectivity index (χ3n) is 6.11. The number of aliphatic hydroxyl groups excluding tert-OH is 1. The van der Waals surface area contributed by atoms with E-state index in [1.165, 1.54) is 55.5 Å². The van der Waals surface area contributed by atoms with Crippen molar-refractivity contribution in [2.24, 2.45) is 11.7 Å². The molecule has 0 spiro atoms. The molecule has 15 heteroatoms. The molecule has 4 atom stereocenters. The van der Waals surface area contributed by atoms with Crippen LogP contribution in [0.5, 0.6) is 5.75 Å². The molecular formula is C25H24N4O10S. The van der Waals surface area contributed by atoms with E-state index in [1.54, 1.807) is 0 Å². The van der Waals surface area contributed by atoms with Crippen LogP contribution in [0.3, 0.4) is 0 Å². The van der Waals surface area contributed by atoms with Gasteiger partial charge < -0.3 is 30.7 Å². The highest BCUT2D eigenvalue weighted by molar-refractivity contribution is 8.03. The van der Waals surface area contributed by atoms with Gasteiger partial charge in [-0.2, -0.15) is 0 Å². The number of carboxylic acids is 1. The first-order valence-electron chi connectivity index (χ1n) is 11.8. The molecule has 14 nitrogen and oxygen atoms in total. The number of rotatable bonds is 11. The summed E-state index contributed by atoms with van der Waals surface area (Å²) >= 11 is 1.02. The number of hydrogen-bond acceptors (Lipinski definition) is 11. The number of fused-ring (bicyclic) bond motifs is 1. The molecule has 40 heavy (non-hydrogen) atoms. The molecule has 2 aliphatic rings. The second-order valence-corrected chi connectivity index (χ2v) is 9.99. The fraction of sp³-hybridized carbons (Fsp3) is 0.280. The summed E-state index contributed by atoms with van der Waals surface area (Å²) in [6.45, 7) is 1.09. The van der Waals surface area contributed by atoms with Crippen molar-refractivity contribution in [3.05, 3.63) is 80.6 Å². The number of hydrogen-bond donors (Lipinski definition) is 4. The molecule has 0 aromatic heterocycles. The van der Waals surface area contributed by atoms with Crippen molar-refractivity contribution in [1.82, 2.24) is 10.2 Å². The summed E-state index contributed by atoms with van der Waals surface area (Å²) in [5, 5.41) is 32.0. The number of nitro benzene ring substituents is 1. The molecule has 2 aromatic rings. The molecule has 2 aliphatic heterocycles. The zero-order chi connectivity index (χ0) is 29.1. The van der Waals surface area contributed by atoms with E-state index in [4.69, 9.17) is 15.2 Å². The number of nitrogens with one attached hydrogen (secondary N) is 1. The number of thioether (sulfide) groups is 1. The normalized spacial score (nSPS) is 19.3. The first-order chi connectivity index (χ1) is 19.0. The molecule has 4 rings (SSSR count). The molecular weight excluding hydrogens is 548 g/mol. The number of β-lactam (4-membered cyclic amide) rings is 1. The minimum absolute atomic E-state index is 0.00980. The van der Waals surface area contributed by atoms with Crippen LogP contribution in [0.25, 0.3) is 0 Å². The van der Waals surface area contributed by atoms with Gasteiger partial charge >= 0.3 is 11.9 Å². The number of carboxylic acid groups (broad SMARTS) is 1. The van der Waals surface area contributed by atoms with Crippen LogP contribution in [0, 0.1) is 16.0 Å². The molecule has 2 heterocycles. The topological polar surface area (TPSA) is 212 Å². The fourth-order valence-electron chi connectivity index (χ4n) is 3.97. The summed E-state index contributed by atoms with van der Waals surface area (Å²) in [6, 6.07) is 10.0. The van der Waals surface area contributed by atoms with Crippen molar-refractivity contribution in [2.75, 3.05) is 6.54 Å². The number of benzene rings is 2. The van der Waals surface area contributed by atoms with Crippen LogP contribution in [0.1, 0.15) is 22.8 Å². The van der Waals surface area contributed by atoms with Crippen LogP contribution in [0.15, 0.2) is 59.3 Å². The molecule has 2 amide bonds. The average Bonchev–Trinajstić information content (AvgIpc) is 3.24. The maximum atomic E-state index is 12.5. The Balaban J connectivity index is 1.28. The van der Waals surface area contributed by atoms with E-state index in [0.29, 0.717) is 5.56 Å². The van der Waals surface area contributed by atoms with E-state index < -0.39 is 52.1 Å². The third kappa shape index (κ3) is 5.90. The number of nitrogens with zero attached hydrogens (tertiary/aromatic N) is 2. The van der Waals surface area contributed by atoms with Gasteiger partial charge in [-0.1, -0.05) is 11.8 Å². The fourth-order valence-corrected chi connectivity index (χ4v) is 5.43. The second kappa shape index (κ2) is 11.7. The molecule has 0 aliphatic carbocycles. The van der Waals surface area contributed by atoms with Gasteiger partial charge in [0.2, 0.25) is 5.91 Å². The monoisotopic (exact) mass is 572 g/mol. The molecule has 0 bridgehead atoms. The number of esters is 1. The van der Waals surface area contributed by atoms with Crippen molar-refractivity contribution in [2.45, 2.75) is 31.1 Å². The van der Waals surface area contributed by atoms with Gasteiger partial charge in [-0.15, -0.1) is 0 Å². The van der Waals surface area contributed by atoms with E-state index in [-0.39, 0.29) is 40.9 Å². The summed E-state index contributed by atoms with van der Waals surface area (Å²) in [4.78, 5) is 59.9. The van der Waals surface area contributed by atoms with Gasteiger partial charge in [-0.05, 0) is 48.9 Å². The highest BCUT2D eigenvalue weighted by Crippen LogP contribution is 2.50. The Morgan fingerprint density at radius 2 is 1.82 bits per heavy atom. The number of aliphatic carboxylic acids is 1. The van der Waals surface area contributed by atoms with E-state index in [9.17, 15) is 39.5 Å². The Kier molecular flexibility index (Phi) is 8.37. The Hall–Kier alpha value is -4.47. The molecule has 2 aromatic carbocycles. The standard InChI is InChI=1S/C25H24N4O10S/c1-12(30)18-21(32)28-19(23(33)34)25(40-22(18)28)39-16-8-4-14(5-9-16)20(31)27-10-17(26)24(35)38-11-13-2-6-15(7-3-13)29(36)37/h2-9,12,17-18,22,30H,10-11,26H2,1H3,(H,27,31)(H,33,34)/t12-,17?,18+,22-/m1/s1. The number of ether oxygens (including phenoxy) is 2. The van der Waals surface area contributed by atoms with Crippen molar-refractivity contribution in [3.63, 3.8) is 0 Å². The summed E-state index contributed by atoms with van der Waals surface area (Å²) in [7, 11) is 0. The first kappa shape index (κ1) is 28.5. The highest BCUT2D eigenvalue weighted by Gasteiger charge is 2.58. The average molecular weight is 573 g/mol. The zero-order valence-electron chi connectivity index (χ0n) is 20.9. The number of aliphatic hydroxyl groups is 1. The van der Waals surface area contributed by atoms with Gasteiger partial charge in [0.05, 0.1) is 16.9 Å². The van der Waals surface area contributed by atoms with E-state index >= 15 is 0 Å². The molecule has 1 saturated heterocycles. The maximum Gasteiger partial charge on any atom is 0.357 e. The van der Waals surface area contributed by atoms with Crippen LogP contribution in [-0.2, 0) is 25.7 Å². The summed E-state index contributed by atoms with van der Waals surface area (Å²) < 4.78 is 10.8. The van der Waals surface area contributed by atoms with Gasteiger partial charge in [0.25, 0.3) is 11.6 Å². The highest BCUT2D eigenvalue weighted by atomic mass is 32.2. The van der Waals surface area contributed by atoms with Crippen LogP contribution < -0.4 is 15.8 Å². The Morgan fingerprint density at radius 3 is 2.40 bits per heavy atom. The summed E-state index contributed by atoms with van der Waals surface area (Å²) in [5.74, 6) is -3.68.